The van der Waals surface area contributed by atoms with Crippen LogP contribution in [0.5, 0.6) is 0 Å². The van der Waals surface area contributed by atoms with Crippen LogP contribution in [0.4, 0.5) is 0 Å². The minimum atomic E-state index is -0.344. The van der Waals surface area contributed by atoms with E-state index in [4.69, 9.17) is 5.73 Å². The zero-order chi connectivity index (χ0) is 12.0. The van der Waals surface area contributed by atoms with Crippen molar-refractivity contribution < 1.29 is 4.79 Å². The summed E-state index contributed by atoms with van der Waals surface area (Å²) in [6.45, 7) is 11.1. The van der Waals surface area contributed by atoms with Gasteiger partial charge in [0, 0.05) is 12.6 Å². The molecule has 2 N–H and O–H groups in total. The molecule has 0 bridgehead atoms. The maximum absolute atomic E-state index is 12.1. The maximum atomic E-state index is 12.1. The second-order valence-electron chi connectivity index (χ2n) is 4.54. The Kier molecular flexibility index (Phi) is 6.57. The molecule has 0 aliphatic carbocycles. The van der Waals surface area contributed by atoms with Crippen molar-refractivity contribution in [1.29, 1.82) is 0 Å². The summed E-state index contributed by atoms with van der Waals surface area (Å²) in [7, 11) is 0. The molecule has 0 saturated carbocycles. The molecule has 0 rings (SSSR count). The van der Waals surface area contributed by atoms with Gasteiger partial charge in [-0.3, -0.25) is 4.79 Å². The van der Waals surface area contributed by atoms with E-state index in [1.54, 1.807) is 0 Å². The SMILES string of the molecule is CCCN(C(=O)[C@@H](N)[C@@H](C)CC)C(C)C. The van der Waals surface area contributed by atoms with Crippen molar-refractivity contribution in [1.82, 2.24) is 4.90 Å². The predicted molar refractivity (Wildman–Crippen MR) is 64.6 cm³/mol. The average Bonchev–Trinajstić information content (AvgIpc) is 2.22. The largest absolute Gasteiger partial charge is 0.339 e. The van der Waals surface area contributed by atoms with Gasteiger partial charge in [-0.05, 0) is 26.2 Å². The van der Waals surface area contributed by atoms with Crippen LogP contribution in [0.3, 0.4) is 0 Å². The molecule has 2 atom stereocenters. The van der Waals surface area contributed by atoms with E-state index in [0.717, 1.165) is 19.4 Å². The minimum Gasteiger partial charge on any atom is -0.339 e. The van der Waals surface area contributed by atoms with Gasteiger partial charge in [0.15, 0.2) is 0 Å². The van der Waals surface area contributed by atoms with Crippen LogP contribution in [0.25, 0.3) is 0 Å². The lowest BCUT2D eigenvalue weighted by atomic mass is 9.98. The number of hydrogen-bond acceptors (Lipinski definition) is 2. The van der Waals surface area contributed by atoms with Crippen LogP contribution in [0.2, 0.25) is 0 Å². The van der Waals surface area contributed by atoms with Gasteiger partial charge in [-0.1, -0.05) is 27.2 Å². The number of amides is 1. The Labute approximate surface area is 94.0 Å². The first-order chi connectivity index (χ1) is 6.95. The zero-order valence-corrected chi connectivity index (χ0v) is 10.8. The highest BCUT2D eigenvalue weighted by molar-refractivity contribution is 5.82. The highest BCUT2D eigenvalue weighted by Gasteiger charge is 2.25. The lowest BCUT2D eigenvalue weighted by Gasteiger charge is -2.30. The summed E-state index contributed by atoms with van der Waals surface area (Å²) in [5.41, 5.74) is 5.95. The van der Waals surface area contributed by atoms with Gasteiger partial charge in [0.05, 0.1) is 6.04 Å². The van der Waals surface area contributed by atoms with E-state index in [1.165, 1.54) is 0 Å². The highest BCUT2D eigenvalue weighted by Crippen LogP contribution is 2.11. The Morgan fingerprint density at radius 2 is 1.80 bits per heavy atom. The first-order valence-corrected chi connectivity index (χ1v) is 6.01. The van der Waals surface area contributed by atoms with E-state index in [2.05, 4.69) is 13.8 Å². The van der Waals surface area contributed by atoms with Crippen molar-refractivity contribution in [3.05, 3.63) is 0 Å². The summed E-state index contributed by atoms with van der Waals surface area (Å²) >= 11 is 0. The van der Waals surface area contributed by atoms with Crippen LogP contribution in [0.1, 0.15) is 47.5 Å². The smallest absolute Gasteiger partial charge is 0.239 e. The van der Waals surface area contributed by atoms with Crippen molar-refractivity contribution >= 4 is 5.91 Å². The summed E-state index contributed by atoms with van der Waals surface area (Å²) in [5.74, 6) is 0.358. The normalized spacial score (nSPS) is 15.1. The Hall–Kier alpha value is -0.570. The fourth-order valence-electron chi connectivity index (χ4n) is 1.55. The molecular weight excluding hydrogens is 188 g/mol. The number of nitrogens with two attached hydrogens (primary N) is 1. The molecule has 0 aromatic carbocycles. The van der Waals surface area contributed by atoms with Gasteiger partial charge in [-0.25, -0.2) is 0 Å². The Morgan fingerprint density at radius 3 is 2.13 bits per heavy atom. The predicted octanol–water partition coefficient (Wildman–Crippen LogP) is 2.01. The van der Waals surface area contributed by atoms with Crippen molar-refractivity contribution in [2.45, 2.75) is 59.5 Å². The first-order valence-electron chi connectivity index (χ1n) is 6.01. The molecule has 0 radical (unpaired) electrons. The van der Waals surface area contributed by atoms with Gasteiger partial charge in [-0.15, -0.1) is 0 Å². The van der Waals surface area contributed by atoms with Crippen LogP contribution >= 0.6 is 0 Å². The molecule has 0 aromatic heterocycles. The summed E-state index contributed by atoms with van der Waals surface area (Å²) < 4.78 is 0. The molecule has 0 aliphatic rings. The number of nitrogens with zero attached hydrogens (tertiary/aromatic N) is 1. The van der Waals surface area contributed by atoms with Crippen LogP contribution in [0, 0.1) is 5.92 Å². The van der Waals surface area contributed by atoms with Crippen molar-refractivity contribution in [3.8, 4) is 0 Å². The topological polar surface area (TPSA) is 46.3 Å². The van der Waals surface area contributed by atoms with Gasteiger partial charge >= 0.3 is 0 Å². The molecule has 3 heteroatoms. The molecule has 1 amide bonds. The lowest BCUT2D eigenvalue weighted by molar-refractivity contribution is -0.135. The quantitative estimate of drug-likeness (QED) is 0.735. The van der Waals surface area contributed by atoms with Crippen LogP contribution < -0.4 is 5.73 Å². The molecule has 90 valence electrons. The second-order valence-corrected chi connectivity index (χ2v) is 4.54. The van der Waals surface area contributed by atoms with Gasteiger partial charge in [-0.2, -0.15) is 0 Å². The molecule has 0 unspecified atom stereocenters. The molecule has 0 saturated heterocycles. The van der Waals surface area contributed by atoms with Gasteiger partial charge in [0.2, 0.25) is 5.91 Å². The lowest BCUT2D eigenvalue weighted by Crippen LogP contribution is -2.49. The molecule has 0 aromatic rings. The number of carbonyl (C=O) groups excluding carboxylic acids is 1. The van der Waals surface area contributed by atoms with Crippen molar-refractivity contribution in [2.75, 3.05) is 6.54 Å². The molecule has 3 nitrogen and oxygen atoms in total. The monoisotopic (exact) mass is 214 g/mol. The summed E-state index contributed by atoms with van der Waals surface area (Å²) in [4.78, 5) is 14.0. The number of hydrogen-bond donors (Lipinski definition) is 1. The Bertz CT molecular complexity index is 192. The molecule has 0 spiro atoms. The third kappa shape index (κ3) is 4.20. The summed E-state index contributed by atoms with van der Waals surface area (Å²) in [6, 6.07) is -0.100. The molecular formula is C12H26N2O. The van der Waals surface area contributed by atoms with E-state index >= 15 is 0 Å². The van der Waals surface area contributed by atoms with Crippen molar-refractivity contribution in [3.63, 3.8) is 0 Å². The molecule has 0 fully saturated rings. The highest BCUT2D eigenvalue weighted by atomic mass is 16.2. The first kappa shape index (κ1) is 14.4. The third-order valence-electron chi connectivity index (χ3n) is 2.91. The van der Waals surface area contributed by atoms with Gasteiger partial charge in [0.1, 0.15) is 0 Å². The van der Waals surface area contributed by atoms with Gasteiger partial charge < -0.3 is 10.6 Å². The van der Waals surface area contributed by atoms with E-state index in [-0.39, 0.29) is 23.9 Å². The fourth-order valence-corrected chi connectivity index (χ4v) is 1.55. The van der Waals surface area contributed by atoms with E-state index in [0.29, 0.717) is 0 Å². The summed E-state index contributed by atoms with van der Waals surface area (Å²) in [6.07, 6.45) is 1.93. The fraction of sp³-hybridized carbons (Fsp3) is 0.917. The van der Waals surface area contributed by atoms with E-state index in [9.17, 15) is 4.79 Å². The number of rotatable bonds is 6. The Balaban J connectivity index is 4.48. The molecule has 0 aliphatic heterocycles. The van der Waals surface area contributed by atoms with Gasteiger partial charge in [0.25, 0.3) is 0 Å². The van der Waals surface area contributed by atoms with Crippen LogP contribution in [-0.4, -0.2) is 29.4 Å². The number of carbonyl (C=O) groups is 1. The maximum Gasteiger partial charge on any atom is 0.239 e. The third-order valence-corrected chi connectivity index (χ3v) is 2.91. The van der Waals surface area contributed by atoms with E-state index < -0.39 is 0 Å². The van der Waals surface area contributed by atoms with E-state index in [1.807, 2.05) is 25.7 Å². The van der Waals surface area contributed by atoms with Crippen molar-refractivity contribution in [2.24, 2.45) is 11.7 Å². The zero-order valence-electron chi connectivity index (χ0n) is 10.8. The second kappa shape index (κ2) is 6.83. The van der Waals surface area contributed by atoms with Crippen LogP contribution in [0.15, 0.2) is 0 Å². The average molecular weight is 214 g/mol. The standard InChI is InChI=1S/C12H26N2O/c1-6-8-14(9(3)4)12(15)11(13)10(5)7-2/h9-11H,6-8,13H2,1-5H3/t10-,11-/m0/s1. The van der Waals surface area contributed by atoms with Crippen LogP contribution in [-0.2, 0) is 4.79 Å². The molecule has 15 heavy (non-hydrogen) atoms. The summed E-state index contributed by atoms with van der Waals surface area (Å²) in [5, 5.41) is 0. The molecule has 0 heterocycles. The Morgan fingerprint density at radius 1 is 1.27 bits per heavy atom. The minimum absolute atomic E-state index is 0.0983.